The van der Waals surface area contributed by atoms with Gasteiger partial charge < -0.3 is 14.9 Å². The molecule has 1 aromatic carbocycles. The summed E-state index contributed by atoms with van der Waals surface area (Å²) < 4.78 is 0. The van der Waals surface area contributed by atoms with Crippen LogP contribution in [0.15, 0.2) is 18.2 Å². The van der Waals surface area contributed by atoms with Crippen LogP contribution in [0.1, 0.15) is 43.7 Å². The molecule has 3 rings (SSSR count). The SMILES string of the molecule is CC(C)c1cccc2c1CCN2C(=O)CCN1CCC(O)C1. The third-order valence-corrected chi connectivity index (χ3v) is 4.88. The fraction of sp³-hybridized carbons (Fsp3) is 0.611. The van der Waals surface area contributed by atoms with Crippen LogP contribution in [0.3, 0.4) is 0 Å². The Bertz CT molecular complexity index is 556. The van der Waals surface area contributed by atoms with Crippen LogP contribution in [0, 0.1) is 0 Å². The number of benzene rings is 1. The number of carbonyl (C=O) groups is 1. The first-order valence-electron chi connectivity index (χ1n) is 8.39. The number of aliphatic hydroxyl groups is 1. The van der Waals surface area contributed by atoms with Crippen LogP contribution in [0.4, 0.5) is 5.69 Å². The van der Waals surface area contributed by atoms with Crippen LogP contribution in [-0.4, -0.2) is 48.2 Å². The zero-order valence-electron chi connectivity index (χ0n) is 13.6. The van der Waals surface area contributed by atoms with Gasteiger partial charge in [-0.15, -0.1) is 0 Å². The smallest absolute Gasteiger partial charge is 0.228 e. The first kappa shape index (κ1) is 15.5. The Morgan fingerprint density at radius 3 is 2.86 bits per heavy atom. The van der Waals surface area contributed by atoms with E-state index in [9.17, 15) is 9.90 Å². The van der Waals surface area contributed by atoms with Crippen molar-refractivity contribution >= 4 is 11.6 Å². The molecule has 2 aliphatic heterocycles. The van der Waals surface area contributed by atoms with E-state index in [-0.39, 0.29) is 12.0 Å². The van der Waals surface area contributed by atoms with Gasteiger partial charge in [-0.05, 0) is 36.0 Å². The average Bonchev–Trinajstić information content (AvgIpc) is 3.10. The van der Waals surface area contributed by atoms with Crippen LogP contribution in [0.25, 0.3) is 0 Å². The normalized spacial score (nSPS) is 21.6. The molecule has 0 aliphatic carbocycles. The van der Waals surface area contributed by atoms with Crippen molar-refractivity contribution in [1.29, 1.82) is 0 Å². The average molecular weight is 302 g/mol. The van der Waals surface area contributed by atoms with Gasteiger partial charge >= 0.3 is 0 Å². The molecule has 0 saturated carbocycles. The Morgan fingerprint density at radius 1 is 1.36 bits per heavy atom. The van der Waals surface area contributed by atoms with Crippen molar-refractivity contribution in [1.82, 2.24) is 4.90 Å². The van der Waals surface area contributed by atoms with Crippen LogP contribution < -0.4 is 4.90 Å². The highest BCUT2D eigenvalue weighted by atomic mass is 16.3. The van der Waals surface area contributed by atoms with Gasteiger partial charge in [-0.3, -0.25) is 4.79 Å². The van der Waals surface area contributed by atoms with E-state index in [0.717, 1.165) is 38.2 Å². The van der Waals surface area contributed by atoms with Gasteiger partial charge in [0.2, 0.25) is 5.91 Å². The first-order chi connectivity index (χ1) is 10.6. The zero-order valence-corrected chi connectivity index (χ0v) is 13.6. The predicted octanol–water partition coefficient (Wildman–Crippen LogP) is 2.16. The summed E-state index contributed by atoms with van der Waals surface area (Å²) in [6.07, 6.45) is 2.13. The molecule has 0 aromatic heterocycles. The van der Waals surface area contributed by atoms with Crippen molar-refractivity contribution in [3.05, 3.63) is 29.3 Å². The van der Waals surface area contributed by atoms with Gasteiger partial charge in [-0.2, -0.15) is 0 Å². The maximum Gasteiger partial charge on any atom is 0.228 e. The molecular formula is C18H26N2O2. The molecule has 1 saturated heterocycles. The van der Waals surface area contributed by atoms with Crippen molar-refractivity contribution in [3.63, 3.8) is 0 Å². The Morgan fingerprint density at radius 2 is 2.18 bits per heavy atom. The number of nitrogens with zero attached hydrogens (tertiary/aromatic N) is 2. The lowest BCUT2D eigenvalue weighted by Crippen LogP contribution is -2.33. The summed E-state index contributed by atoms with van der Waals surface area (Å²) in [5.74, 6) is 0.706. The van der Waals surface area contributed by atoms with E-state index >= 15 is 0 Å². The van der Waals surface area contributed by atoms with Crippen molar-refractivity contribution in [2.75, 3.05) is 31.1 Å². The quantitative estimate of drug-likeness (QED) is 0.927. The predicted molar refractivity (Wildman–Crippen MR) is 88.3 cm³/mol. The Hall–Kier alpha value is -1.39. The minimum absolute atomic E-state index is 0.209. The number of hydrogen-bond acceptors (Lipinski definition) is 3. The number of likely N-dealkylation sites (tertiary alicyclic amines) is 1. The highest BCUT2D eigenvalue weighted by Crippen LogP contribution is 2.34. The third kappa shape index (κ3) is 3.03. The molecular weight excluding hydrogens is 276 g/mol. The molecule has 0 bridgehead atoms. The van der Waals surface area contributed by atoms with Crippen molar-refractivity contribution in [2.24, 2.45) is 0 Å². The van der Waals surface area contributed by atoms with E-state index in [1.807, 2.05) is 4.90 Å². The molecule has 1 amide bonds. The van der Waals surface area contributed by atoms with E-state index in [2.05, 4.69) is 36.9 Å². The molecule has 0 radical (unpaired) electrons. The first-order valence-corrected chi connectivity index (χ1v) is 8.39. The number of anilines is 1. The molecule has 1 N–H and O–H groups in total. The van der Waals surface area contributed by atoms with Crippen LogP contribution in [0.2, 0.25) is 0 Å². The second-order valence-electron chi connectivity index (χ2n) is 6.79. The molecule has 0 spiro atoms. The number of rotatable bonds is 4. The number of carbonyl (C=O) groups excluding carboxylic acids is 1. The van der Waals surface area contributed by atoms with Gasteiger partial charge in [0.15, 0.2) is 0 Å². The summed E-state index contributed by atoms with van der Waals surface area (Å²) in [7, 11) is 0. The summed E-state index contributed by atoms with van der Waals surface area (Å²) in [5.41, 5.74) is 3.83. The lowest BCUT2D eigenvalue weighted by molar-refractivity contribution is -0.118. The molecule has 2 aliphatic rings. The molecule has 1 aromatic rings. The van der Waals surface area contributed by atoms with E-state index in [1.165, 1.54) is 11.1 Å². The largest absolute Gasteiger partial charge is 0.392 e. The minimum Gasteiger partial charge on any atom is -0.392 e. The summed E-state index contributed by atoms with van der Waals surface area (Å²) in [6.45, 7) is 7.59. The molecule has 1 fully saturated rings. The second kappa shape index (κ2) is 6.39. The van der Waals surface area contributed by atoms with E-state index in [0.29, 0.717) is 18.9 Å². The fourth-order valence-corrected chi connectivity index (χ4v) is 3.67. The Balaban J connectivity index is 1.65. The number of amides is 1. The van der Waals surface area contributed by atoms with Gasteiger partial charge in [0, 0.05) is 38.3 Å². The molecule has 1 unspecified atom stereocenters. The summed E-state index contributed by atoms with van der Waals surface area (Å²) in [6, 6.07) is 6.32. The Labute approximate surface area is 132 Å². The van der Waals surface area contributed by atoms with Crippen LogP contribution in [-0.2, 0) is 11.2 Å². The number of hydrogen-bond donors (Lipinski definition) is 1. The van der Waals surface area contributed by atoms with Gasteiger partial charge in [-0.1, -0.05) is 26.0 Å². The van der Waals surface area contributed by atoms with Gasteiger partial charge in [0.1, 0.15) is 0 Å². The topological polar surface area (TPSA) is 43.8 Å². The summed E-state index contributed by atoms with van der Waals surface area (Å²) in [5, 5.41) is 9.55. The van der Waals surface area contributed by atoms with Crippen molar-refractivity contribution in [2.45, 2.75) is 45.1 Å². The lowest BCUT2D eigenvalue weighted by atomic mass is 9.95. The number of β-amino-alcohol motifs (C(OH)–C–C–N with tert-alkyl or cyclic N) is 1. The number of aliphatic hydroxyl groups excluding tert-OH is 1. The Kier molecular flexibility index (Phi) is 4.50. The lowest BCUT2D eigenvalue weighted by Gasteiger charge is -2.20. The van der Waals surface area contributed by atoms with Crippen molar-refractivity contribution < 1.29 is 9.90 Å². The maximum atomic E-state index is 12.6. The molecule has 2 heterocycles. The second-order valence-corrected chi connectivity index (χ2v) is 6.79. The van der Waals surface area contributed by atoms with E-state index < -0.39 is 0 Å². The van der Waals surface area contributed by atoms with Crippen LogP contribution in [0.5, 0.6) is 0 Å². The molecule has 120 valence electrons. The molecule has 4 heteroatoms. The highest BCUT2D eigenvalue weighted by molar-refractivity contribution is 5.95. The van der Waals surface area contributed by atoms with E-state index in [4.69, 9.17) is 0 Å². The zero-order chi connectivity index (χ0) is 15.7. The maximum absolute atomic E-state index is 12.6. The van der Waals surface area contributed by atoms with Crippen LogP contribution >= 0.6 is 0 Å². The van der Waals surface area contributed by atoms with Gasteiger partial charge in [0.05, 0.1) is 6.10 Å². The standard InChI is InChI=1S/C18H26N2O2/c1-13(2)15-4-3-5-17-16(15)7-11-20(17)18(22)8-10-19-9-6-14(21)12-19/h3-5,13-14,21H,6-12H2,1-2H3. The third-order valence-electron chi connectivity index (χ3n) is 4.88. The number of fused-ring (bicyclic) bond motifs is 1. The summed E-state index contributed by atoms with van der Waals surface area (Å²) in [4.78, 5) is 16.7. The van der Waals surface area contributed by atoms with Gasteiger partial charge in [-0.25, -0.2) is 0 Å². The van der Waals surface area contributed by atoms with Gasteiger partial charge in [0.25, 0.3) is 0 Å². The highest BCUT2D eigenvalue weighted by Gasteiger charge is 2.28. The monoisotopic (exact) mass is 302 g/mol. The summed E-state index contributed by atoms with van der Waals surface area (Å²) >= 11 is 0. The minimum atomic E-state index is -0.212. The van der Waals surface area contributed by atoms with Crippen molar-refractivity contribution in [3.8, 4) is 0 Å². The molecule has 4 nitrogen and oxygen atoms in total. The fourth-order valence-electron chi connectivity index (χ4n) is 3.67. The molecule has 1 atom stereocenters. The van der Waals surface area contributed by atoms with E-state index in [1.54, 1.807) is 0 Å². The molecule has 22 heavy (non-hydrogen) atoms.